The van der Waals surface area contributed by atoms with Crippen LogP contribution < -0.4 is 0 Å². The highest BCUT2D eigenvalue weighted by atomic mass is 16.1. The van der Waals surface area contributed by atoms with Gasteiger partial charge in [-0.25, -0.2) is 0 Å². The fourth-order valence-corrected chi connectivity index (χ4v) is 2.22. The van der Waals surface area contributed by atoms with E-state index in [1.165, 1.54) is 30.4 Å². The van der Waals surface area contributed by atoms with E-state index < -0.39 is 0 Å². The topological polar surface area (TPSA) is 17.1 Å². The second-order valence-corrected chi connectivity index (χ2v) is 3.69. The lowest BCUT2D eigenvalue weighted by molar-refractivity contribution is -0.108. The number of rotatable bonds is 2. The number of fused-ring (bicyclic) bond motifs is 1. The molecule has 1 atom stereocenters. The molecular weight excluding hydrogens is 160 g/mol. The van der Waals surface area contributed by atoms with Crippen LogP contribution in [0.3, 0.4) is 0 Å². The third-order valence-corrected chi connectivity index (χ3v) is 2.87. The Labute approximate surface area is 78.8 Å². The minimum atomic E-state index is 0.488. The van der Waals surface area contributed by atoms with Crippen LogP contribution in [0.25, 0.3) is 0 Å². The Balaban J connectivity index is 2.31. The van der Waals surface area contributed by atoms with E-state index in [1.54, 1.807) is 0 Å². The summed E-state index contributed by atoms with van der Waals surface area (Å²) < 4.78 is 0. The predicted octanol–water partition coefficient (Wildman–Crippen LogP) is 2.70. The van der Waals surface area contributed by atoms with Gasteiger partial charge in [-0.2, -0.15) is 0 Å². The number of carbonyl (C=O) groups is 1. The molecule has 0 amide bonds. The quantitative estimate of drug-likeness (QED) is 0.630. The normalized spacial score (nSPS) is 20.8. The van der Waals surface area contributed by atoms with Crippen molar-refractivity contribution in [3.05, 3.63) is 35.4 Å². The molecule has 0 heterocycles. The van der Waals surface area contributed by atoms with Gasteiger partial charge in [-0.15, -0.1) is 0 Å². The van der Waals surface area contributed by atoms with Crippen molar-refractivity contribution in [3.63, 3.8) is 0 Å². The fraction of sp³-hybridized carbons (Fsp3) is 0.417. The van der Waals surface area contributed by atoms with Crippen LogP contribution in [0.2, 0.25) is 0 Å². The van der Waals surface area contributed by atoms with Crippen molar-refractivity contribution < 1.29 is 4.79 Å². The molecule has 1 aliphatic rings. The molecule has 0 aliphatic heterocycles. The first kappa shape index (κ1) is 8.49. The molecule has 0 bridgehead atoms. The van der Waals surface area contributed by atoms with E-state index in [4.69, 9.17) is 0 Å². The Morgan fingerprint density at radius 2 is 2.23 bits per heavy atom. The van der Waals surface area contributed by atoms with Crippen molar-refractivity contribution in [2.24, 2.45) is 0 Å². The van der Waals surface area contributed by atoms with E-state index in [0.717, 1.165) is 6.29 Å². The summed E-state index contributed by atoms with van der Waals surface area (Å²) in [6, 6.07) is 8.51. The van der Waals surface area contributed by atoms with Crippen LogP contribution in [-0.2, 0) is 11.2 Å². The van der Waals surface area contributed by atoms with Crippen molar-refractivity contribution >= 4 is 6.29 Å². The van der Waals surface area contributed by atoms with Crippen LogP contribution in [0.15, 0.2) is 24.3 Å². The van der Waals surface area contributed by atoms with Gasteiger partial charge in [0.1, 0.15) is 6.29 Å². The van der Waals surface area contributed by atoms with Crippen LogP contribution >= 0.6 is 0 Å². The number of aryl methyl sites for hydroxylation is 1. The lowest BCUT2D eigenvalue weighted by atomic mass is 9.81. The van der Waals surface area contributed by atoms with Gasteiger partial charge in [0, 0.05) is 6.42 Å². The van der Waals surface area contributed by atoms with Crippen molar-refractivity contribution in [3.8, 4) is 0 Å². The van der Waals surface area contributed by atoms with Crippen molar-refractivity contribution in [1.82, 2.24) is 0 Å². The minimum Gasteiger partial charge on any atom is -0.303 e. The maximum absolute atomic E-state index is 10.5. The Bertz CT molecular complexity index is 304. The minimum absolute atomic E-state index is 0.488. The zero-order chi connectivity index (χ0) is 9.10. The van der Waals surface area contributed by atoms with Crippen LogP contribution in [0.5, 0.6) is 0 Å². The SMILES string of the molecule is O=CCC1CCCc2ccccc21. The molecule has 0 saturated heterocycles. The van der Waals surface area contributed by atoms with Gasteiger partial charge in [0.25, 0.3) is 0 Å². The van der Waals surface area contributed by atoms with E-state index in [2.05, 4.69) is 24.3 Å². The molecule has 2 rings (SSSR count). The van der Waals surface area contributed by atoms with Gasteiger partial charge in [-0.3, -0.25) is 0 Å². The number of aldehydes is 1. The highest BCUT2D eigenvalue weighted by Gasteiger charge is 2.18. The van der Waals surface area contributed by atoms with Crippen LogP contribution in [0, 0.1) is 0 Å². The molecule has 0 spiro atoms. The van der Waals surface area contributed by atoms with E-state index in [-0.39, 0.29) is 0 Å². The molecular formula is C12H14O. The molecule has 68 valence electrons. The van der Waals surface area contributed by atoms with Gasteiger partial charge in [0.05, 0.1) is 0 Å². The average Bonchev–Trinajstić information content (AvgIpc) is 2.19. The maximum Gasteiger partial charge on any atom is 0.120 e. The third-order valence-electron chi connectivity index (χ3n) is 2.87. The third kappa shape index (κ3) is 1.64. The Hall–Kier alpha value is -1.11. The van der Waals surface area contributed by atoms with Gasteiger partial charge in [-0.1, -0.05) is 24.3 Å². The molecule has 1 aromatic carbocycles. The zero-order valence-corrected chi connectivity index (χ0v) is 7.70. The van der Waals surface area contributed by atoms with Crippen LogP contribution in [0.4, 0.5) is 0 Å². The van der Waals surface area contributed by atoms with Gasteiger partial charge >= 0.3 is 0 Å². The van der Waals surface area contributed by atoms with E-state index in [1.807, 2.05) is 0 Å². The summed E-state index contributed by atoms with van der Waals surface area (Å²) in [6.45, 7) is 0. The highest BCUT2D eigenvalue weighted by molar-refractivity contribution is 5.52. The molecule has 0 aromatic heterocycles. The van der Waals surface area contributed by atoms with Gasteiger partial charge in [-0.05, 0) is 36.3 Å². The first-order chi connectivity index (χ1) is 6.42. The summed E-state index contributed by atoms with van der Waals surface area (Å²) in [4.78, 5) is 10.5. The molecule has 1 nitrogen and oxygen atoms in total. The van der Waals surface area contributed by atoms with Crippen molar-refractivity contribution in [2.45, 2.75) is 31.6 Å². The monoisotopic (exact) mass is 174 g/mol. The fourth-order valence-electron chi connectivity index (χ4n) is 2.22. The number of carbonyl (C=O) groups excluding carboxylic acids is 1. The molecule has 0 N–H and O–H groups in total. The molecule has 0 fully saturated rings. The molecule has 1 heteroatoms. The summed E-state index contributed by atoms with van der Waals surface area (Å²) in [5, 5.41) is 0. The van der Waals surface area contributed by atoms with E-state index in [0.29, 0.717) is 12.3 Å². The molecule has 1 aromatic rings. The van der Waals surface area contributed by atoms with Crippen LogP contribution in [-0.4, -0.2) is 6.29 Å². The van der Waals surface area contributed by atoms with Crippen molar-refractivity contribution in [2.75, 3.05) is 0 Å². The number of hydrogen-bond acceptors (Lipinski definition) is 1. The zero-order valence-electron chi connectivity index (χ0n) is 7.70. The molecule has 13 heavy (non-hydrogen) atoms. The average molecular weight is 174 g/mol. The lowest BCUT2D eigenvalue weighted by Gasteiger charge is -2.23. The summed E-state index contributed by atoms with van der Waals surface area (Å²) in [6.07, 6.45) is 5.33. The summed E-state index contributed by atoms with van der Waals surface area (Å²) in [5.41, 5.74) is 2.85. The standard InChI is InChI=1S/C12H14O/c13-9-8-11-6-3-5-10-4-1-2-7-12(10)11/h1-2,4,7,9,11H,3,5-6,8H2. The van der Waals surface area contributed by atoms with Gasteiger partial charge in [0.15, 0.2) is 0 Å². The molecule has 1 aliphatic carbocycles. The summed E-state index contributed by atoms with van der Waals surface area (Å²) >= 11 is 0. The molecule has 0 radical (unpaired) electrons. The molecule has 1 unspecified atom stereocenters. The van der Waals surface area contributed by atoms with Crippen molar-refractivity contribution in [1.29, 1.82) is 0 Å². The second-order valence-electron chi connectivity index (χ2n) is 3.69. The van der Waals surface area contributed by atoms with Gasteiger partial charge < -0.3 is 4.79 Å². The predicted molar refractivity (Wildman–Crippen MR) is 52.8 cm³/mol. The Kier molecular flexibility index (Phi) is 2.44. The maximum atomic E-state index is 10.5. The number of hydrogen-bond donors (Lipinski definition) is 0. The Morgan fingerprint density at radius 1 is 1.38 bits per heavy atom. The molecule has 0 saturated carbocycles. The van der Waals surface area contributed by atoms with Crippen LogP contribution in [0.1, 0.15) is 36.3 Å². The van der Waals surface area contributed by atoms with Gasteiger partial charge in [0.2, 0.25) is 0 Å². The second kappa shape index (κ2) is 3.73. The van der Waals surface area contributed by atoms with E-state index in [9.17, 15) is 4.79 Å². The Morgan fingerprint density at radius 3 is 3.08 bits per heavy atom. The first-order valence-corrected chi connectivity index (χ1v) is 4.93. The largest absolute Gasteiger partial charge is 0.303 e. The summed E-state index contributed by atoms with van der Waals surface area (Å²) in [5.74, 6) is 0.488. The smallest absolute Gasteiger partial charge is 0.120 e. The first-order valence-electron chi connectivity index (χ1n) is 4.93. The number of benzene rings is 1. The lowest BCUT2D eigenvalue weighted by Crippen LogP contribution is -2.09. The highest BCUT2D eigenvalue weighted by Crippen LogP contribution is 2.32. The summed E-state index contributed by atoms with van der Waals surface area (Å²) in [7, 11) is 0. The van der Waals surface area contributed by atoms with E-state index >= 15 is 0 Å².